The van der Waals surface area contributed by atoms with Gasteiger partial charge in [-0.3, -0.25) is 5.21 Å². The van der Waals surface area contributed by atoms with Gasteiger partial charge < -0.3 is 10.7 Å². The highest BCUT2D eigenvalue weighted by Crippen LogP contribution is 2.32. The number of benzene rings is 4. The molecular weight excluding hydrogens is 422 g/mol. The zero-order valence-electron chi connectivity index (χ0n) is 18.8. The zero-order chi connectivity index (χ0) is 23.5. The summed E-state index contributed by atoms with van der Waals surface area (Å²) in [6, 6.07) is 33.4. The van der Waals surface area contributed by atoms with Crippen molar-refractivity contribution >= 4 is 27.8 Å². The van der Waals surface area contributed by atoms with Gasteiger partial charge in [-0.05, 0) is 54.2 Å². The molecule has 170 valence electrons. The van der Waals surface area contributed by atoms with Gasteiger partial charge in [0.2, 0.25) is 0 Å². The average molecular weight is 450 g/mol. The van der Waals surface area contributed by atoms with Crippen molar-refractivity contribution in [3.05, 3.63) is 120 Å². The first-order valence-electron chi connectivity index (χ1n) is 11.4. The summed E-state index contributed by atoms with van der Waals surface area (Å²) < 4.78 is 0. The molecule has 5 heteroatoms. The lowest BCUT2D eigenvalue weighted by atomic mass is 9.79. The Morgan fingerprint density at radius 3 is 1.85 bits per heavy atom. The molecule has 34 heavy (non-hydrogen) atoms. The molecule has 0 saturated carbocycles. The molecule has 2 amide bonds. The quantitative estimate of drug-likeness (QED) is 0.215. The van der Waals surface area contributed by atoms with Crippen molar-refractivity contribution in [1.82, 2.24) is 10.0 Å². The van der Waals surface area contributed by atoms with Crippen LogP contribution >= 0.6 is 0 Å². The second kappa shape index (κ2) is 9.04. The molecule has 5 aromatic rings. The molecule has 0 spiro atoms. The normalized spacial score (nSPS) is 11.7. The van der Waals surface area contributed by atoms with Crippen LogP contribution in [0.25, 0.3) is 21.8 Å². The van der Waals surface area contributed by atoms with E-state index in [0.717, 1.165) is 43.6 Å². The molecule has 4 aromatic carbocycles. The molecule has 1 heterocycles. The summed E-state index contributed by atoms with van der Waals surface area (Å²) in [5, 5.41) is 14.1. The molecular formula is C29H27N3O2. The van der Waals surface area contributed by atoms with E-state index >= 15 is 0 Å². The largest absolute Gasteiger partial charge is 0.355 e. The summed E-state index contributed by atoms with van der Waals surface area (Å²) in [6.45, 7) is 0. The summed E-state index contributed by atoms with van der Waals surface area (Å²) in [5.41, 5.74) is 9.89. The fourth-order valence-corrected chi connectivity index (χ4v) is 4.98. The Bertz CT molecular complexity index is 1390. The number of carbonyl (C=O) groups excluding carboxylic acids is 1. The van der Waals surface area contributed by atoms with Crippen LogP contribution in [0.2, 0.25) is 0 Å². The van der Waals surface area contributed by atoms with Gasteiger partial charge in [0.05, 0.1) is 5.54 Å². The summed E-state index contributed by atoms with van der Waals surface area (Å²) >= 11 is 0. The molecule has 0 aliphatic heterocycles. The Morgan fingerprint density at radius 1 is 0.706 bits per heavy atom. The summed E-state index contributed by atoms with van der Waals surface area (Å²) in [4.78, 5) is 15.8. The molecule has 0 saturated heterocycles. The standard InChI is InChI=1S/C29H27N3O2/c30-28(33)32(34)29(18-21-9-3-1-4-10-21,19-22-11-5-2-6-12-22)20-23-15-16-27-25(17-23)24-13-7-8-14-26(24)31-27/h1-17,31,34H,18-20H2,(H2,30,33). The number of carbonyl (C=O) groups is 1. The van der Waals surface area contributed by atoms with Gasteiger partial charge in [-0.25, -0.2) is 4.79 Å². The highest BCUT2D eigenvalue weighted by Gasteiger charge is 2.39. The van der Waals surface area contributed by atoms with E-state index in [-0.39, 0.29) is 0 Å². The van der Waals surface area contributed by atoms with Gasteiger partial charge in [0.25, 0.3) is 0 Å². The van der Waals surface area contributed by atoms with E-state index in [0.29, 0.717) is 19.3 Å². The van der Waals surface area contributed by atoms with E-state index in [4.69, 9.17) is 5.73 Å². The number of nitrogens with zero attached hydrogens (tertiary/aromatic N) is 1. The highest BCUT2D eigenvalue weighted by atomic mass is 16.5. The topological polar surface area (TPSA) is 82.3 Å². The van der Waals surface area contributed by atoms with E-state index in [2.05, 4.69) is 35.3 Å². The molecule has 5 rings (SSSR count). The van der Waals surface area contributed by atoms with Gasteiger partial charge in [0.1, 0.15) is 0 Å². The number of hydroxylamine groups is 2. The number of primary amides is 1. The number of H-pyrrole nitrogens is 1. The maximum Gasteiger partial charge on any atom is 0.339 e. The van der Waals surface area contributed by atoms with Gasteiger partial charge >= 0.3 is 6.03 Å². The SMILES string of the molecule is NC(=O)N(O)C(Cc1ccccc1)(Cc1ccccc1)Cc1ccc2[nH]c3ccccc3c2c1. The van der Waals surface area contributed by atoms with Crippen LogP contribution in [0, 0.1) is 0 Å². The van der Waals surface area contributed by atoms with Crippen LogP contribution in [0.4, 0.5) is 4.79 Å². The highest BCUT2D eigenvalue weighted by molar-refractivity contribution is 6.07. The molecule has 0 unspecified atom stereocenters. The van der Waals surface area contributed by atoms with E-state index < -0.39 is 11.6 Å². The van der Waals surface area contributed by atoms with Crippen LogP contribution < -0.4 is 5.73 Å². The Labute approximate surface area is 198 Å². The molecule has 0 fully saturated rings. The van der Waals surface area contributed by atoms with Crippen molar-refractivity contribution < 1.29 is 10.0 Å². The first-order chi connectivity index (χ1) is 16.5. The van der Waals surface area contributed by atoms with Crippen LogP contribution in [0.5, 0.6) is 0 Å². The van der Waals surface area contributed by atoms with Gasteiger partial charge in [0.15, 0.2) is 0 Å². The van der Waals surface area contributed by atoms with Crippen molar-refractivity contribution in [2.24, 2.45) is 5.73 Å². The number of fused-ring (bicyclic) bond motifs is 3. The second-order valence-corrected chi connectivity index (χ2v) is 8.93. The fraction of sp³-hybridized carbons (Fsp3) is 0.138. The van der Waals surface area contributed by atoms with E-state index in [1.54, 1.807) is 0 Å². The number of aromatic amines is 1. The number of hydrogen-bond acceptors (Lipinski definition) is 2. The predicted molar refractivity (Wildman–Crippen MR) is 136 cm³/mol. The summed E-state index contributed by atoms with van der Waals surface area (Å²) in [5.74, 6) is 0. The van der Waals surface area contributed by atoms with Crippen molar-refractivity contribution in [3.8, 4) is 0 Å². The van der Waals surface area contributed by atoms with Gasteiger partial charge in [0, 0.05) is 21.8 Å². The maximum absolute atomic E-state index is 12.4. The first-order valence-corrected chi connectivity index (χ1v) is 11.4. The Kier molecular flexibility index (Phi) is 5.78. The molecule has 5 nitrogen and oxygen atoms in total. The van der Waals surface area contributed by atoms with Crippen LogP contribution in [0.1, 0.15) is 16.7 Å². The fourth-order valence-electron chi connectivity index (χ4n) is 4.98. The lowest BCUT2D eigenvalue weighted by Gasteiger charge is -2.40. The third-order valence-corrected chi connectivity index (χ3v) is 6.51. The molecule has 0 radical (unpaired) electrons. The van der Waals surface area contributed by atoms with Crippen LogP contribution in [-0.2, 0) is 19.3 Å². The molecule has 4 N–H and O–H groups in total. The van der Waals surface area contributed by atoms with Crippen molar-refractivity contribution in [3.63, 3.8) is 0 Å². The molecule has 0 atom stereocenters. The number of hydrogen-bond donors (Lipinski definition) is 3. The Balaban J connectivity index is 1.62. The lowest BCUT2D eigenvalue weighted by Crippen LogP contribution is -2.56. The zero-order valence-corrected chi connectivity index (χ0v) is 18.8. The van der Waals surface area contributed by atoms with Gasteiger partial charge in [-0.15, -0.1) is 0 Å². The monoisotopic (exact) mass is 449 g/mol. The van der Waals surface area contributed by atoms with Crippen LogP contribution in [0.3, 0.4) is 0 Å². The second-order valence-electron chi connectivity index (χ2n) is 8.93. The van der Waals surface area contributed by atoms with Crippen molar-refractivity contribution in [2.45, 2.75) is 24.8 Å². The molecule has 0 aliphatic carbocycles. The number of aromatic nitrogens is 1. The van der Waals surface area contributed by atoms with E-state index in [9.17, 15) is 10.0 Å². The minimum absolute atomic E-state index is 0.436. The lowest BCUT2D eigenvalue weighted by molar-refractivity contribution is -0.125. The van der Waals surface area contributed by atoms with Crippen molar-refractivity contribution in [1.29, 1.82) is 0 Å². The minimum Gasteiger partial charge on any atom is -0.355 e. The number of nitrogens with one attached hydrogen (secondary N) is 1. The Morgan fingerprint density at radius 2 is 1.24 bits per heavy atom. The van der Waals surface area contributed by atoms with Gasteiger partial charge in [-0.2, -0.15) is 5.06 Å². The van der Waals surface area contributed by atoms with Crippen LogP contribution in [0.15, 0.2) is 103 Å². The van der Waals surface area contributed by atoms with Gasteiger partial charge in [-0.1, -0.05) is 84.9 Å². The maximum atomic E-state index is 12.4. The number of urea groups is 1. The first kappa shape index (κ1) is 21.7. The smallest absolute Gasteiger partial charge is 0.339 e. The van der Waals surface area contributed by atoms with E-state index in [1.165, 1.54) is 0 Å². The molecule has 0 aliphatic rings. The number of amides is 2. The summed E-state index contributed by atoms with van der Waals surface area (Å²) in [7, 11) is 0. The Hall–Kier alpha value is -4.09. The van der Waals surface area contributed by atoms with Crippen LogP contribution in [-0.4, -0.2) is 26.8 Å². The summed E-state index contributed by atoms with van der Waals surface area (Å²) in [6.07, 6.45) is 1.34. The molecule has 0 bridgehead atoms. The third kappa shape index (κ3) is 4.26. The van der Waals surface area contributed by atoms with E-state index in [1.807, 2.05) is 72.8 Å². The molecule has 1 aromatic heterocycles. The van der Waals surface area contributed by atoms with Crippen molar-refractivity contribution in [2.75, 3.05) is 0 Å². The average Bonchev–Trinajstić information content (AvgIpc) is 3.23. The third-order valence-electron chi connectivity index (χ3n) is 6.51. The number of rotatable bonds is 7. The minimum atomic E-state index is -0.964. The number of nitrogens with two attached hydrogens (primary N) is 1. The predicted octanol–water partition coefficient (Wildman–Crippen LogP) is 5.86. The number of para-hydroxylation sites is 1.